The molecule has 152 valence electrons. The van der Waals surface area contributed by atoms with Gasteiger partial charge in [-0.05, 0) is 28.7 Å². The lowest BCUT2D eigenvalue weighted by Crippen LogP contribution is -2.46. The second-order valence-corrected chi connectivity index (χ2v) is 6.90. The molecule has 0 amide bonds. The van der Waals surface area contributed by atoms with Crippen molar-refractivity contribution in [2.24, 2.45) is 0 Å². The van der Waals surface area contributed by atoms with Crippen LogP contribution >= 0.6 is 0 Å². The van der Waals surface area contributed by atoms with E-state index >= 15 is 0 Å². The highest BCUT2D eigenvalue weighted by Gasteiger charge is 2.29. The first-order valence-corrected chi connectivity index (χ1v) is 9.40. The minimum atomic E-state index is -0.356. The molecule has 0 N–H and O–H groups in total. The maximum absolute atomic E-state index is 11.6. The Kier molecular flexibility index (Phi) is 5.22. The number of imidazole rings is 1. The molecule has 29 heavy (non-hydrogen) atoms. The number of benzene rings is 1. The molecule has 0 spiro atoms. The van der Waals surface area contributed by atoms with Crippen molar-refractivity contribution in [3.8, 4) is 11.5 Å². The Morgan fingerprint density at radius 3 is 2.52 bits per heavy atom. The molecule has 1 aliphatic rings. The molecule has 0 saturated carbocycles. The summed E-state index contributed by atoms with van der Waals surface area (Å²) in [5, 5.41) is 11.6. The van der Waals surface area contributed by atoms with Crippen LogP contribution in [0.4, 0.5) is 11.6 Å². The number of pyridine rings is 1. The molecule has 0 radical (unpaired) electrons. The summed E-state index contributed by atoms with van der Waals surface area (Å²) in [6.45, 7) is 3.72. The number of ether oxygens (including phenoxy) is 2. The molecular weight excluding hydrogens is 374 g/mol. The first-order chi connectivity index (χ1) is 14.1. The molecule has 0 aliphatic carbocycles. The van der Waals surface area contributed by atoms with Crippen molar-refractivity contribution in [3.63, 3.8) is 0 Å². The monoisotopic (exact) mass is 397 g/mol. The average molecular weight is 397 g/mol. The topological polar surface area (TPSA) is 85.4 Å². The van der Waals surface area contributed by atoms with E-state index in [9.17, 15) is 10.1 Å². The standard InChI is InChI=1S/C20H23N5O4/c1-28-16-7-6-15(13-17(16)29-2)14-22-9-11-23(12-10-22)19-20(25(26)27)24-8-4-3-5-18(24)21-19/h3-8,13H,9-12,14H2,1-2H3. The average Bonchev–Trinajstić information content (AvgIpc) is 3.14. The molecule has 4 rings (SSSR count). The zero-order valence-corrected chi connectivity index (χ0v) is 16.4. The van der Waals surface area contributed by atoms with Crippen molar-refractivity contribution in [2.75, 3.05) is 45.3 Å². The molecule has 1 aromatic carbocycles. The second kappa shape index (κ2) is 7.96. The Labute approximate surface area is 168 Å². The highest BCUT2D eigenvalue weighted by molar-refractivity contribution is 5.63. The Hall–Kier alpha value is -3.33. The first kappa shape index (κ1) is 19.0. The number of anilines is 1. The normalized spacial score (nSPS) is 14.9. The van der Waals surface area contributed by atoms with Crippen molar-refractivity contribution in [3.05, 3.63) is 58.3 Å². The fraction of sp³-hybridized carbons (Fsp3) is 0.350. The van der Waals surface area contributed by atoms with Crippen LogP contribution in [-0.2, 0) is 6.54 Å². The van der Waals surface area contributed by atoms with Gasteiger partial charge < -0.3 is 24.5 Å². The van der Waals surface area contributed by atoms with Crippen LogP contribution in [0.1, 0.15) is 5.56 Å². The fourth-order valence-corrected chi connectivity index (χ4v) is 3.71. The number of methoxy groups -OCH3 is 2. The summed E-state index contributed by atoms with van der Waals surface area (Å²) in [6.07, 6.45) is 1.68. The van der Waals surface area contributed by atoms with Gasteiger partial charge in [0.1, 0.15) is 0 Å². The third-order valence-electron chi connectivity index (χ3n) is 5.19. The van der Waals surface area contributed by atoms with Gasteiger partial charge in [0.05, 0.1) is 20.4 Å². The Morgan fingerprint density at radius 2 is 1.83 bits per heavy atom. The molecule has 0 bridgehead atoms. The number of hydrogen-bond donors (Lipinski definition) is 0. The zero-order chi connectivity index (χ0) is 20.4. The SMILES string of the molecule is COc1ccc(CN2CCN(c3nc4ccccn4c3[N+](=O)[O-])CC2)cc1OC. The molecule has 0 unspecified atom stereocenters. The van der Waals surface area contributed by atoms with Crippen molar-refractivity contribution in [1.29, 1.82) is 0 Å². The lowest BCUT2D eigenvalue weighted by Gasteiger charge is -2.34. The minimum Gasteiger partial charge on any atom is -0.493 e. The number of piperazine rings is 1. The van der Waals surface area contributed by atoms with E-state index < -0.39 is 0 Å². The van der Waals surface area contributed by atoms with Crippen molar-refractivity contribution in [1.82, 2.24) is 14.3 Å². The highest BCUT2D eigenvalue weighted by atomic mass is 16.6. The van der Waals surface area contributed by atoms with E-state index in [1.807, 2.05) is 29.2 Å². The summed E-state index contributed by atoms with van der Waals surface area (Å²) in [5.74, 6) is 1.88. The first-order valence-electron chi connectivity index (χ1n) is 9.40. The number of hydrogen-bond acceptors (Lipinski definition) is 7. The van der Waals surface area contributed by atoms with Crippen LogP contribution in [-0.4, -0.2) is 59.6 Å². The second-order valence-electron chi connectivity index (χ2n) is 6.90. The Morgan fingerprint density at radius 1 is 1.07 bits per heavy atom. The maximum atomic E-state index is 11.6. The number of fused-ring (bicyclic) bond motifs is 1. The van der Waals surface area contributed by atoms with Gasteiger partial charge in [-0.2, -0.15) is 9.38 Å². The van der Waals surface area contributed by atoms with E-state index in [0.29, 0.717) is 36.1 Å². The van der Waals surface area contributed by atoms with E-state index in [4.69, 9.17) is 9.47 Å². The third-order valence-corrected chi connectivity index (χ3v) is 5.19. The van der Waals surface area contributed by atoms with Crippen LogP contribution in [0, 0.1) is 10.1 Å². The van der Waals surface area contributed by atoms with Gasteiger partial charge in [-0.3, -0.25) is 4.90 Å². The van der Waals surface area contributed by atoms with Crippen LogP contribution in [0.3, 0.4) is 0 Å². The maximum Gasteiger partial charge on any atom is 0.372 e. The van der Waals surface area contributed by atoms with Gasteiger partial charge in [0.25, 0.3) is 0 Å². The van der Waals surface area contributed by atoms with E-state index in [0.717, 1.165) is 25.2 Å². The van der Waals surface area contributed by atoms with Gasteiger partial charge in [-0.1, -0.05) is 12.1 Å². The summed E-state index contributed by atoms with van der Waals surface area (Å²) in [6, 6.07) is 11.3. The van der Waals surface area contributed by atoms with Crippen molar-refractivity contribution >= 4 is 17.3 Å². The zero-order valence-electron chi connectivity index (χ0n) is 16.4. The molecule has 9 heteroatoms. The third kappa shape index (κ3) is 3.68. The predicted octanol–water partition coefficient (Wildman–Crippen LogP) is 2.58. The summed E-state index contributed by atoms with van der Waals surface area (Å²) in [7, 11) is 3.25. The predicted molar refractivity (Wildman–Crippen MR) is 109 cm³/mol. The smallest absolute Gasteiger partial charge is 0.372 e. The molecule has 1 fully saturated rings. The molecule has 2 aromatic heterocycles. The van der Waals surface area contributed by atoms with Crippen LogP contribution in [0.15, 0.2) is 42.6 Å². The summed E-state index contributed by atoms with van der Waals surface area (Å²) < 4.78 is 12.2. The summed E-state index contributed by atoms with van der Waals surface area (Å²) in [4.78, 5) is 20.1. The van der Waals surface area contributed by atoms with Gasteiger partial charge in [0, 0.05) is 38.8 Å². The largest absolute Gasteiger partial charge is 0.493 e. The van der Waals surface area contributed by atoms with Crippen LogP contribution < -0.4 is 14.4 Å². The Bertz CT molecular complexity index is 1030. The number of nitro groups is 1. The summed E-state index contributed by atoms with van der Waals surface area (Å²) in [5.41, 5.74) is 1.72. The van der Waals surface area contributed by atoms with Crippen molar-refractivity contribution in [2.45, 2.75) is 6.54 Å². The molecular formula is C20H23N5O4. The van der Waals surface area contributed by atoms with Crippen LogP contribution in [0.25, 0.3) is 5.65 Å². The van der Waals surface area contributed by atoms with Gasteiger partial charge in [-0.25, -0.2) is 0 Å². The van der Waals surface area contributed by atoms with Gasteiger partial charge >= 0.3 is 5.82 Å². The van der Waals surface area contributed by atoms with E-state index in [2.05, 4.69) is 9.88 Å². The number of aromatic nitrogens is 2. The highest BCUT2D eigenvalue weighted by Crippen LogP contribution is 2.31. The van der Waals surface area contributed by atoms with Gasteiger partial charge in [-0.15, -0.1) is 0 Å². The molecule has 3 heterocycles. The lowest BCUT2D eigenvalue weighted by molar-refractivity contribution is -0.389. The quantitative estimate of drug-likeness (QED) is 0.467. The van der Waals surface area contributed by atoms with Gasteiger partial charge in [0.2, 0.25) is 11.5 Å². The van der Waals surface area contributed by atoms with Crippen LogP contribution in [0.2, 0.25) is 0 Å². The molecule has 1 saturated heterocycles. The Balaban J connectivity index is 1.47. The molecule has 1 aliphatic heterocycles. The molecule has 0 atom stereocenters. The van der Waals surface area contributed by atoms with E-state index in [-0.39, 0.29) is 10.7 Å². The van der Waals surface area contributed by atoms with E-state index in [1.165, 1.54) is 4.40 Å². The summed E-state index contributed by atoms with van der Waals surface area (Å²) >= 11 is 0. The lowest BCUT2D eigenvalue weighted by atomic mass is 10.1. The van der Waals surface area contributed by atoms with Gasteiger partial charge in [0.15, 0.2) is 11.5 Å². The fourth-order valence-electron chi connectivity index (χ4n) is 3.71. The minimum absolute atomic E-state index is 0.0222. The van der Waals surface area contributed by atoms with E-state index in [1.54, 1.807) is 32.5 Å². The van der Waals surface area contributed by atoms with Crippen molar-refractivity contribution < 1.29 is 14.4 Å². The van der Waals surface area contributed by atoms with Crippen LogP contribution in [0.5, 0.6) is 11.5 Å². The molecule has 9 nitrogen and oxygen atoms in total. The number of rotatable bonds is 6. The molecule has 3 aromatic rings. The number of nitrogens with zero attached hydrogens (tertiary/aromatic N) is 5.